The van der Waals surface area contributed by atoms with Crippen LogP contribution in [0.4, 0.5) is 0 Å². The van der Waals surface area contributed by atoms with Crippen LogP contribution in [0, 0.1) is 30.1 Å². The van der Waals surface area contributed by atoms with Crippen LogP contribution < -0.4 is 4.74 Å². The molecule has 0 radical (unpaired) electrons. The second-order valence-electron chi connectivity index (χ2n) is 8.54. The Morgan fingerprint density at radius 1 is 1.12 bits per heavy atom. The van der Waals surface area contributed by atoms with Crippen molar-refractivity contribution in [1.82, 2.24) is 4.90 Å². The first-order chi connectivity index (χ1) is 11.6. The standard InChI is InChI=1S/C21H29NO2/c1-15-5-3-4-6-19(15)24-8-7-22(2)20(23)21-12-16-9-17(13-21)11-18(10-16)14-21/h3-6,16-18H,7-14H2,1-2H3. The number of hydrogen-bond donors (Lipinski definition) is 0. The highest BCUT2D eigenvalue weighted by atomic mass is 16.5. The van der Waals surface area contributed by atoms with Crippen molar-refractivity contribution in [1.29, 1.82) is 0 Å². The van der Waals surface area contributed by atoms with Gasteiger partial charge in [-0.2, -0.15) is 0 Å². The minimum absolute atomic E-state index is 0.0356. The fourth-order valence-corrected chi connectivity index (χ4v) is 5.89. The van der Waals surface area contributed by atoms with Crippen molar-refractivity contribution in [3.05, 3.63) is 29.8 Å². The monoisotopic (exact) mass is 327 g/mol. The van der Waals surface area contributed by atoms with Gasteiger partial charge < -0.3 is 9.64 Å². The van der Waals surface area contributed by atoms with Gasteiger partial charge in [-0.15, -0.1) is 0 Å². The molecule has 24 heavy (non-hydrogen) atoms. The van der Waals surface area contributed by atoms with E-state index < -0.39 is 0 Å². The zero-order chi connectivity index (χ0) is 16.7. The van der Waals surface area contributed by atoms with Gasteiger partial charge in [-0.3, -0.25) is 4.79 Å². The van der Waals surface area contributed by atoms with Crippen molar-refractivity contribution >= 4 is 5.91 Å². The second-order valence-corrected chi connectivity index (χ2v) is 8.54. The summed E-state index contributed by atoms with van der Waals surface area (Å²) in [7, 11) is 1.96. The molecule has 4 saturated carbocycles. The molecule has 4 aliphatic carbocycles. The zero-order valence-electron chi connectivity index (χ0n) is 15.0. The SMILES string of the molecule is Cc1ccccc1OCCN(C)C(=O)C12CC3CC(CC(C3)C1)C2. The molecule has 0 aromatic heterocycles. The molecule has 0 spiro atoms. The molecule has 3 heteroatoms. The van der Waals surface area contributed by atoms with E-state index in [1.54, 1.807) is 0 Å². The Morgan fingerprint density at radius 2 is 1.71 bits per heavy atom. The topological polar surface area (TPSA) is 29.5 Å². The number of ether oxygens (including phenoxy) is 1. The molecule has 4 bridgehead atoms. The van der Waals surface area contributed by atoms with Gasteiger partial charge in [-0.25, -0.2) is 0 Å². The fraction of sp³-hybridized carbons (Fsp3) is 0.667. The largest absolute Gasteiger partial charge is 0.491 e. The molecule has 0 saturated heterocycles. The lowest BCUT2D eigenvalue weighted by Crippen LogP contribution is -2.54. The van der Waals surface area contributed by atoms with Gasteiger partial charge in [-0.05, 0) is 74.8 Å². The molecular formula is C21H29NO2. The summed E-state index contributed by atoms with van der Waals surface area (Å²) in [5.74, 6) is 3.76. The quantitative estimate of drug-likeness (QED) is 0.816. The predicted octanol–water partition coefficient (Wildman–Crippen LogP) is 4.05. The van der Waals surface area contributed by atoms with Crippen molar-refractivity contribution in [2.75, 3.05) is 20.2 Å². The van der Waals surface area contributed by atoms with E-state index in [0.717, 1.165) is 48.3 Å². The summed E-state index contributed by atoms with van der Waals surface area (Å²) in [4.78, 5) is 15.1. The first-order valence-electron chi connectivity index (χ1n) is 9.50. The van der Waals surface area contributed by atoms with Crippen molar-refractivity contribution in [3.8, 4) is 5.75 Å². The molecule has 4 fully saturated rings. The van der Waals surface area contributed by atoms with E-state index in [9.17, 15) is 4.79 Å². The molecular weight excluding hydrogens is 298 g/mol. The molecule has 0 heterocycles. The summed E-state index contributed by atoms with van der Waals surface area (Å²) in [5, 5.41) is 0. The van der Waals surface area contributed by atoms with Crippen molar-refractivity contribution < 1.29 is 9.53 Å². The number of likely N-dealkylation sites (N-methyl/N-ethyl adjacent to an activating group) is 1. The number of carbonyl (C=O) groups is 1. The highest BCUT2D eigenvalue weighted by Crippen LogP contribution is 2.60. The third-order valence-electron chi connectivity index (χ3n) is 6.62. The Balaban J connectivity index is 1.35. The lowest BCUT2D eigenvalue weighted by molar-refractivity contribution is -0.156. The van der Waals surface area contributed by atoms with E-state index in [2.05, 4.69) is 13.0 Å². The first-order valence-corrected chi connectivity index (χ1v) is 9.50. The lowest BCUT2D eigenvalue weighted by atomic mass is 9.49. The number of benzene rings is 1. The normalized spacial score (nSPS) is 33.5. The lowest BCUT2D eigenvalue weighted by Gasteiger charge is -2.56. The molecule has 1 amide bonds. The molecule has 4 aliphatic rings. The Kier molecular flexibility index (Phi) is 4.06. The Hall–Kier alpha value is -1.51. The number of amides is 1. The van der Waals surface area contributed by atoms with E-state index in [0.29, 0.717) is 19.1 Å². The van der Waals surface area contributed by atoms with Gasteiger partial charge in [-0.1, -0.05) is 18.2 Å². The van der Waals surface area contributed by atoms with Crippen LogP contribution in [0.1, 0.15) is 44.1 Å². The van der Waals surface area contributed by atoms with Crippen molar-refractivity contribution in [2.24, 2.45) is 23.2 Å². The van der Waals surface area contributed by atoms with Crippen LogP contribution in [0.25, 0.3) is 0 Å². The molecule has 1 aromatic carbocycles. The molecule has 0 unspecified atom stereocenters. The molecule has 0 aliphatic heterocycles. The van der Waals surface area contributed by atoms with Crippen LogP contribution in [0.3, 0.4) is 0 Å². The van der Waals surface area contributed by atoms with E-state index in [1.807, 2.05) is 30.1 Å². The summed E-state index contributed by atoms with van der Waals surface area (Å²) in [5.41, 5.74) is 1.11. The number of hydrogen-bond acceptors (Lipinski definition) is 2. The highest BCUT2D eigenvalue weighted by molar-refractivity contribution is 5.83. The fourth-order valence-electron chi connectivity index (χ4n) is 5.89. The average Bonchev–Trinajstić information content (AvgIpc) is 2.54. The summed E-state index contributed by atoms with van der Waals surface area (Å²) in [6.07, 6.45) is 7.56. The molecule has 0 N–H and O–H groups in total. The number of carbonyl (C=O) groups excluding carboxylic acids is 1. The van der Waals surface area contributed by atoms with Crippen LogP contribution in [0.15, 0.2) is 24.3 Å². The maximum Gasteiger partial charge on any atom is 0.228 e. The van der Waals surface area contributed by atoms with E-state index in [4.69, 9.17) is 4.74 Å². The van der Waals surface area contributed by atoms with E-state index in [1.165, 1.54) is 19.3 Å². The third-order valence-corrected chi connectivity index (χ3v) is 6.62. The minimum Gasteiger partial charge on any atom is -0.491 e. The molecule has 3 nitrogen and oxygen atoms in total. The maximum absolute atomic E-state index is 13.2. The number of para-hydroxylation sites is 1. The zero-order valence-corrected chi connectivity index (χ0v) is 15.0. The van der Waals surface area contributed by atoms with Gasteiger partial charge in [0.05, 0.1) is 12.0 Å². The predicted molar refractivity (Wildman–Crippen MR) is 94.9 cm³/mol. The van der Waals surface area contributed by atoms with Gasteiger partial charge in [0.15, 0.2) is 0 Å². The van der Waals surface area contributed by atoms with Crippen LogP contribution in [-0.2, 0) is 4.79 Å². The molecule has 130 valence electrons. The Morgan fingerprint density at radius 3 is 2.29 bits per heavy atom. The van der Waals surface area contributed by atoms with Crippen LogP contribution in [-0.4, -0.2) is 31.0 Å². The van der Waals surface area contributed by atoms with Crippen molar-refractivity contribution in [2.45, 2.75) is 45.4 Å². The summed E-state index contributed by atoms with van der Waals surface area (Å²) >= 11 is 0. The minimum atomic E-state index is -0.0356. The van der Waals surface area contributed by atoms with Gasteiger partial charge in [0.1, 0.15) is 12.4 Å². The van der Waals surface area contributed by atoms with Crippen molar-refractivity contribution in [3.63, 3.8) is 0 Å². The van der Waals surface area contributed by atoms with E-state index in [-0.39, 0.29) is 5.41 Å². The van der Waals surface area contributed by atoms with Gasteiger partial charge in [0, 0.05) is 7.05 Å². The molecule has 1 aromatic rings. The van der Waals surface area contributed by atoms with E-state index >= 15 is 0 Å². The Labute approximate surface area is 145 Å². The third kappa shape index (κ3) is 2.82. The first kappa shape index (κ1) is 16.0. The summed E-state index contributed by atoms with van der Waals surface area (Å²) in [6, 6.07) is 8.06. The average molecular weight is 327 g/mol. The Bertz CT molecular complexity index is 589. The molecule has 5 rings (SSSR count). The number of aryl methyl sites for hydroxylation is 1. The summed E-state index contributed by atoms with van der Waals surface area (Å²) < 4.78 is 5.88. The summed E-state index contributed by atoms with van der Waals surface area (Å²) in [6.45, 7) is 3.30. The smallest absolute Gasteiger partial charge is 0.228 e. The van der Waals surface area contributed by atoms with Gasteiger partial charge in [0.25, 0.3) is 0 Å². The number of rotatable bonds is 5. The van der Waals surface area contributed by atoms with Gasteiger partial charge in [0.2, 0.25) is 5.91 Å². The van der Waals surface area contributed by atoms with Crippen LogP contribution in [0.5, 0.6) is 5.75 Å². The number of nitrogens with zero attached hydrogens (tertiary/aromatic N) is 1. The van der Waals surface area contributed by atoms with Gasteiger partial charge >= 0.3 is 0 Å². The molecule has 0 atom stereocenters. The van der Waals surface area contributed by atoms with Crippen LogP contribution >= 0.6 is 0 Å². The highest BCUT2D eigenvalue weighted by Gasteiger charge is 2.55. The maximum atomic E-state index is 13.2. The van der Waals surface area contributed by atoms with Crippen LogP contribution in [0.2, 0.25) is 0 Å². The second kappa shape index (κ2) is 6.09.